The van der Waals surface area contributed by atoms with E-state index in [4.69, 9.17) is 0 Å². The molecule has 6 rings (SSSR count). The molecule has 4 aromatic rings. The summed E-state index contributed by atoms with van der Waals surface area (Å²) >= 11 is 0. The predicted octanol–water partition coefficient (Wildman–Crippen LogP) is 7.01. The first-order valence-corrected chi connectivity index (χ1v) is 10.6. The third kappa shape index (κ3) is 2.22. The normalized spacial score (nSPS) is 15.4. The fourth-order valence-corrected chi connectivity index (χ4v) is 5.56. The average molecular weight is 376 g/mol. The van der Waals surface area contributed by atoms with Crippen molar-refractivity contribution in [2.24, 2.45) is 0 Å². The Morgan fingerprint density at radius 1 is 0.724 bits per heavy atom. The minimum Gasteiger partial charge on any atom is -0.344 e. The van der Waals surface area contributed by atoms with E-state index in [2.05, 4.69) is 98.6 Å². The van der Waals surface area contributed by atoms with Gasteiger partial charge in [-0.2, -0.15) is 0 Å². The monoisotopic (exact) mass is 375 g/mol. The maximum atomic E-state index is 2.40. The Kier molecular flexibility index (Phi) is 3.33. The van der Waals surface area contributed by atoms with Crippen molar-refractivity contribution in [1.82, 2.24) is 0 Å². The highest BCUT2D eigenvalue weighted by atomic mass is 15.1. The second kappa shape index (κ2) is 5.73. The van der Waals surface area contributed by atoms with Crippen molar-refractivity contribution in [2.75, 3.05) is 11.9 Å². The van der Waals surface area contributed by atoms with Crippen molar-refractivity contribution in [3.63, 3.8) is 0 Å². The molecule has 1 nitrogen and oxygen atoms in total. The van der Waals surface area contributed by atoms with E-state index in [1.54, 1.807) is 0 Å². The largest absolute Gasteiger partial charge is 0.344 e. The van der Waals surface area contributed by atoms with Crippen LogP contribution in [-0.2, 0) is 18.3 Å². The zero-order valence-corrected chi connectivity index (χ0v) is 17.3. The van der Waals surface area contributed by atoms with Crippen LogP contribution in [0.25, 0.3) is 21.9 Å². The van der Waals surface area contributed by atoms with Gasteiger partial charge in [0.05, 0.1) is 0 Å². The van der Waals surface area contributed by atoms with Crippen molar-refractivity contribution >= 4 is 22.1 Å². The van der Waals surface area contributed by atoms with Crippen LogP contribution in [0.5, 0.6) is 0 Å². The topological polar surface area (TPSA) is 3.24 Å². The van der Waals surface area contributed by atoms with Crippen molar-refractivity contribution < 1.29 is 0 Å². The zero-order chi connectivity index (χ0) is 19.8. The molecule has 0 fully saturated rings. The van der Waals surface area contributed by atoms with Crippen LogP contribution in [0.2, 0.25) is 0 Å². The smallest absolute Gasteiger partial charge is 0.0488 e. The van der Waals surface area contributed by atoms with Crippen molar-refractivity contribution in [3.05, 3.63) is 95.1 Å². The van der Waals surface area contributed by atoms with Crippen LogP contribution < -0.4 is 4.90 Å². The zero-order valence-electron chi connectivity index (χ0n) is 17.3. The third-order valence-corrected chi connectivity index (χ3v) is 7.17. The van der Waals surface area contributed by atoms with Gasteiger partial charge in [0.15, 0.2) is 0 Å². The van der Waals surface area contributed by atoms with Gasteiger partial charge >= 0.3 is 0 Å². The van der Waals surface area contributed by atoms with Gasteiger partial charge in [-0.3, -0.25) is 0 Å². The molecule has 0 atom stereocenters. The minimum absolute atomic E-state index is 0.0325. The summed E-state index contributed by atoms with van der Waals surface area (Å²) in [7, 11) is 2.20. The van der Waals surface area contributed by atoms with E-state index in [0.717, 1.165) is 0 Å². The third-order valence-electron chi connectivity index (χ3n) is 7.17. The lowest BCUT2D eigenvalue weighted by Crippen LogP contribution is -2.16. The fraction of sp³-hybridized carbons (Fsp3) is 0.214. The van der Waals surface area contributed by atoms with E-state index in [0.29, 0.717) is 0 Å². The molecule has 0 saturated carbocycles. The van der Waals surface area contributed by atoms with E-state index >= 15 is 0 Å². The summed E-state index contributed by atoms with van der Waals surface area (Å²) in [6, 6.07) is 27.3. The van der Waals surface area contributed by atoms with Gasteiger partial charge in [-0.05, 0) is 69.8 Å². The molecule has 0 aromatic heterocycles. The van der Waals surface area contributed by atoms with Gasteiger partial charge in [0.1, 0.15) is 0 Å². The van der Waals surface area contributed by atoms with Gasteiger partial charge in [0.25, 0.3) is 0 Å². The molecular weight excluding hydrogens is 350 g/mol. The summed E-state index contributed by atoms with van der Waals surface area (Å²) in [6.07, 6.45) is 2.34. The average Bonchev–Trinajstić information content (AvgIpc) is 3.27. The molecule has 0 N–H and O–H groups in total. The Morgan fingerprint density at radius 3 is 2.34 bits per heavy atom. The molecule has 1 heteroatoms. The summed E-state index contributed by atoms with van der Waals surface area (Å²) in [5.41, 5.74) is 11.2. The maximum absolute atomic E-state index is 2.40. The van der Waals surface area contributed by atoms with E-state index < -0.39 is 0 Å². The van der Waals surface area contributed by atoms with Gasteiger partial charge < -0.3 is 4.90 Å². The van der Waals surface area contributed by atoms with Crippen LogP contribution in [0, 0.1) is 0 Å². The van der Waals surface area contributed by atoms with Gasteiger partial charge in [-0.1, -0.05) is 68.4 Å². The second-order valence-electron chi connectivity index (χ2n) is 9.04. The summed E-state index contributed by atoms with van der Waals surface area (Å²) in [5, 5.41) is 2.86. The second-order valence-corrected chi connectivity index (χ2v) is 9.04. The lowest BCUT2D eigenvalue weighted by molar-refractivity contribution is 0.660. The van der Waals surface area contributed by atoms with Gasteiger partial charge in [0, 0.05) is 29.2 Å². The first-order valence-electron chi connectivity index (χ1n) is 10.6. The number of hydrogen-bond donors (Lipinski definition) is 0. The van der Waals surface area contributed by atoms with E-state index in [9.17, 15) is 0 Å². The molecule has 2 aliphatic rings. The molecule has 0 amide bonds. The fourth-order valence-electron chi connectivity index (χ4n) is 5.56. The summed E-state index contributed by atoms with van der Waals surface area (Å²) < 4.78 is 0. The van der Waals surface area contributed by atoms with Gasteiger partial charge in [-0.15, -0.1) is 0 Å². The standard InChI is InChI=1S/C28H25N/c1-28(2)24-10-5-4-8-21(24)22-15-14-20(17-25(22)28)29(3)26-16-13-19-12-11-18-7-6-9-23(26)27(18)19/h4-10,13-17H,11-12H2,1-3H3. The van der Waals surface area contributed by atoms with Crippen LogP contribution in [-0.4, -0.2) is 7.05 Å². The minimum atomic E-state index is 0.0325. The van der Waals surface area contributed by atoms with Crippen LogP contribution in [0.15, 0.2) is 72.8 Å². The first kappa shape index (κ1) is 16.9. The number of anilines is 2. The Morgan fingerprint density at radius 2 is 1.48 bits per heavy atom. The van der Waals surface area contributed by atoms with E-state index in [1.165, 1.54) is 68.4 Å². The molecular formula is C28H25N. The highest BCUT2D eigenvalue weighted by molar-refractivity contribution is 6.01. The van der Waals surface area contributed by atoms with E-state index in [1.807, 2.05) is 0 Å². The summed E-state index contributed by atoms with van der Waals surface area (Å²) in [6.45, 7) is 4.70. The molecule has 0 radical (unpaired) electrons. The molecule has 0 unspecified atom stereocenters. The number of fused-ring (bicyclic) bond motifs is 3. The Bertz CT molecular complexity index is 1280. The molecule has 2 aliphatic carbocycles. The van der Waals surface area contributed by atoms with Gasteiger partial charge in [0.2, 0.25) is 0 Å². The Hall–Kier alpha value is -3.06. The maximum Gasteiger partial charge on any atom is 0.0488 e. The molecule has 0 aliphatic heterocycles. The van der Waals surface area contributed by atoms with Crippen LogP contribution in [0.4, 0.5) is 11.4 Å². The molecule has 142 valence electrons. The van der Waals surface area contributed by atoms with E-state index in [-0.39, 0.29) is 5.41 Å². The molecule has 29 heavy (non-hydrogen) atoms. The van der Waals surface area contributed by atoms with Crippen LogP contribution in [0.1, 0.15) is 36.1 Å². The van der Waals surface area contributed by atoms with Crippen LogP contribution in [0.3, 0.4) is 0 Å². The predicted molar refractivity (Wildman–Crippen MR) is 123 cm³/mol. The van der Waals surface area contributed by atoms with Crippen molar-refractivity contribution in [2.45, 2.75) is 32.1 Å². The Balaban J connectivity index is 1.50. The first-order chi connectivity index (χ1) is 14.1. The lowest BCUT2D eigenvalue weighted by Gasteiger charge is -2.26. The number of hydrogen-bond acceptors (Lipinski definition) is 1. The van der Waals surface area contributed by atoms with Gasteiger partial charge in [-0.25, -0.2) is 0 Å². The van der Waals surface area contributed by atoms with Crippen LogP contribution >= 0.6 is 0 Å². The SMILES string of the molecule is CN(c1ccc2c(c1)C(C)(C)c1ccccc1-2)c1ccc2c3c(cccc13)CC2. The lowest BCUT2D eigenvalue weighted by atomic mass is 9.82. The number of aryl methyl sites for hydroxylation is 2. The molecule has 0 saturated heterocycles. The molecule has 4 aromatic carbocycles. The highest BCUT2D eigenvalue weighted by Gasteiger charge is 2.35. The van der Waals surface area contributed by atoms with Crippen molar-refractivity contribution in [1.29, 1.82) is 0 Å². The summed E-state index contributed by atoms with van der Waals surface area (Å²) in [4.78, 5) is 2.36. The summed E-state index contributed by atoms with van der Waals surface area (Å²) in [5.74, 6) is 0. The highest BCUT2D eigenvalue weighted by Crippen LogP contribution is 2.50. The van der Waals surface area contributed by atoms with Crippen molar-refractivity contribution in [3.8, 4) is 11.1 Å². The quantitative estimate of drug-likeness (QED) is 0.364. The number of benzene rings is 4. The molecule has 0 spiro atoms. The number of nitrogens with zero attached hydrogens (tertiary/aromatic N) is 1. The molecule has 0 bridgehead atoms. The number of rotatable bonds is 2. The Labute approximate surface area is 172 Å². The molecule has 0 heterocycles.